The van der Waals surface area contributed by atoms with Crippen LogP contribution < -0.4 is 4.74 Å². The van der Waals surface area contributed by atoms with Gasteiger partial charge >= 0.3 is 0 Å². The van der Waals surface area contributed by atoms with E-state index in [-0.39, 0.29) is 0 Å². The number of hydrogen-bond acceptors (Lipinski definition) is 3. The van der Waals surface area contributed by atoms with Crippen molar-refractivity contribution in [3.63, 3.8) is 0 Å². The molecule has 3 aromatic carbocycles. The van der Waals surface area contributed by atoms with Crippen molar-refractivity contribution in [2.24, 2.45) is 0 Å². The molecule has 0 unspecified atom stereocenters. The molecule has 0 N–H and O–H groups in total. The van der Waals surface area contributed by atoms with Crippen LogP contribution in [0.15, 0.2) is 78.9 Å². The highest BCUT2D eigenvalue weighted by atomic mass is 16.5. The van der Waals surface area contributed by atoms with E-state index < -0.39 is 0 Å². The summed E-state index contributed by atoms with van der Waals surface area (Å²) in [7, 11) is 0. The average molecular weight is 339 g/mol. The summed E-state index contributed by atoms with van der Waals surface area (Å²) >= 11 is 0. The molecule has 5 aromatic rings. The van der Waals surface area contributed by atoms with Crippen molar-refractivity contribution in [2.45, 2.75) is 6.54 Å². The lowest BCUT2D eigenvalue weighted by Gasteiger charge is -2.09. The monoisotopic (exact) mass is 339 g/mol. The lowest BCUT2D eigenvalue weighted by atomic mass is 10.2. The second-order valence-electron chi connectivity index (χ2n) is 6.21. The fourth-order valence-corrected chi connectivity index (χ4v) is 3.38. The molecule has 0 saturated carbocycles. The van der Waals surface area contributed by atoms with E-state index in [4.69, 9.17) is 14.7 Å². The molecule has 0 saturated heterocycles. The minimum absolute atomic E-state index is 0.576. The second kappa shape index (κ2) is 6.15. The Morgan fingerprint density at radius 2 is 1.42 bits per heavy atom. The van der Waals surface area contributed by atoms with Gasteiger partial charge in [-0.15, -0.1) is 0 Å². The fraction of sp³-hybridized carbons (Fsp3) is 0.0909. The Hall–Kier alpha value is -3.40. The molecule has 26 heavy (non-hydrogen) atoms. The zero-order valence-corrected chi connectivity index (χ0v) is 14.2. The van der Waals surface area contributed by atoms with E-state index in [1.807, 2.05) is 60.7 Å². The molecule has 0 radical (unpaired) electrons. The molecule has 0 atom stereocenters. The Balaban J connectivity index is 1.61. The first kappa shape index (κ1) is 14.9. The number of fused-ring (bicyclic) bond motifs is 4. The Kier molecular flexibility index (Phi) is 3.53. The number of rotatable bonds is 4. The highest BCUT2D eigenvalue weighted by molar-refractivity contribution is 6.06. The molecule has 126 valence electrons. The van der Waals surface area contributed by atoms with Crippen LogP contribution in [-0.4, -0.2) is 21.1 Å². The van der Waals surface area contributed by atoms with Gasteiger partial charge in [0, 0.05) is 5.39 Å². The zero-order valence-electron chi connectivity index (χ0n) is 14.2. The molecular weight excluding hydrogens is 322 g/mol. The molecule has 0 bridgehead atoms. The predicted octanol–water partition coefficient (Wildman–Crippen LogP) is 4.82. The van der Waals surface area contributed by atoms with E-state index in [0.29, 0.717) is 13.2 Å². The van der Waals surface area contributed by atoms with Gasteiger partial charge in [0.2, 0.25) is 0 Å². The number of benzene rings is 3. The van der Waals surface area contributed by atoms with Crippen LogP contribution >= 0.6 is 0 Å². The number of nitrogens with zero attached hydrogens (tertiary/aromatic N) is 3. The molecule has 0 fully saturated rings. The number of hydrogen-bond donors (Lipinski definition) is 0. The third-order valence-electron chi connectivity index (χ3n) is 4.58. The zero-order chi connectivity index (χ0) is 17.3. The Bertz CT molecular complexity index is 1210. The van der Waals surface area contributed by atoms with Crippen molar-refractivity contribution in [2.75, 3.05) is 6.61 Å². The third-order valence-corrected chi connectivity index (χ3v) is 4.58. The summed E-state index contributed by atoms with van der Waals surface area (Å²) < 4.78 is 8.10. The lowest BCUT2D eigenvalue weighted by Crippen LogP contribution is -2.08. The molecule has 4 nitrogen and oxygen atoms in total. The maximum Gasteiger partial charge on any atom is 0.160 e. The summed E-state index contributed by atoms with van der Waals surface area (Å²) in [5.41, 5.74) is 4.81. The lowest BCUT2D eigenvalue weighted by molar-refractivity contribution is 0.302. The molecule has 0 spiro atoms. The summed E-state index contributed by atoms with van der Waals surface area (Å²) in [6.45, 7) is 1.29. The van der Waals surface area contributed by atoms with Crippen molar-refractivity contribution in [3.8, 4) is 5.75 Å². The smallest absolute Gasteiger partial charge is 0.160 e. The van der Waals surface area contributed by atoms with E-state index >= 15 is 0 Å². The van der Waals surface area contributed by atoms with Crippen molar-refractivity contribution in [1.82, 2.24) is 14.5 Å². The molecule has 0 amide bonds. The quantitative estimate of drug-likeness (QED) is 0.471. The Morgan fingerprint density at radius 1 is 0.731 bits per heavy atom. The summed E-state index contributed by atoms with van der Waals surface area (Å²) in [5, 5.41) is 1.13. The van der Waals surface area contributed by atoms with Gasteiger partial charge in [0.1, 0.15) is 17.9 Å². The van der Waals surface area contributed by atoms with Gasteiger partial charge in [0.15, 0.2) is 5.65 Å². The summed E-state index contributed by atoms with van der Waals surface area (Å²) in [4.78, 5) is 9.75. The second-order valence-corrected chi connectivity index (χ2v) is 6.21. The van der Waals surface area contributed by atoms with E-state index in [1.165, 1.54) is 0 Å². The Labute approximate surface area is 150 Å². The first-order valence-electron chi connectivity index (χ1n) is 8.72. The van der Waals surface area contributed by atoms with E-state index in [9.17, 15) is 0 Å². The van der Waals surface area contributed by atoms with Gasteiger partial charge < -0.3 is 9.30 Å². The van der Waals surface area contributed by atoms with Crippen molar-refractivity contribution in [3.05, 3.63) is 78.9 Å². The van der Waals surface area contributed by atoms with Crippen LogP contribution in [0.25, 0.3) is 33.1 Å². The maximum absolute atomic E-state index is 5.90. The van der Waals surface area contributed by atoms with E-state index in [0.717, 1.165) is 38.8 Å². The van der Waals surface area contributed by atoms with Crippen LogP contribution in [0.2, 0.25) is 0 Å². The number of aromatic nitrogens is 3. The summed E-state index contributed by atoms with van der Waals surface area (Å²) in [5.74, 6) is 0.879. The highest BCUT2D eigenvalue weighted by Gasteiger charge is 2.14. The number of ether oxygens (including phenoxy) is 1. The SMILES string of the molecule is c1ccc(OCCn2c3ccccc3c3nc4ccccc4nc32)cc1. The molecule has 0 aliphatic heterocycles. The van der Waals surface area contributed by atoms with E-state index in [2.05, 4.69) is 22.8 Å². The van der Waals surface area contributed by atoms with Crippen LogP contribution in [0.1, 0.15) is 0 Å². The summed E-state index contributed by atoms with van der Waals surface area (Å²) in [6.07, 6.45) is 0. The van der Waals surface area contributed by atoms with Crippen LogP contribution in [0, 0.1) is 0 Å². The molecule has 2 heterocycles. The maximum atomic E-state index is 5.90. The van der Waals surface area contributed by atoms with Crippen LogP contribution in [0.4, 0.5) is 0 Å². The molecule has 2 aromatic heterocycles. The van der Waals surface area contributed by atoms with E-state index in [1.54, 1.807) is 0 Å². The van der Waals surface area contributed by atoms with Gasteiger partial charge in [0.05, 0.1) is 23.1 Å². The highest BCUT2D eigenvalue weighted by Crippen LogP contribution is 2.28. The third kappa shape index (κ3) is 2.47. The largest absolute Gasteiger partial charge is 0.492 e. The van der Waals surface area contributed by atoms with Gasteiger partial charge in [-0.1, -0.05) is 48.5 Å². The van der Waals surface area contributed by atoms with Crippen LogP contribution in [0.3, 0.4) is 0 Å². The first-order chi connectivity index (χ1) is 12.9. The predicted molar refractivity (Wildman–Crippen MR) is 104 cm³/mol. The standard InChI is InChI=1S/C22H17N3O/c1-2-8-16(9-3-1)26-15-14-25-20-13-7-4-10-17(20)21-22(25)24-19-12-6-5-11-18(19)23-21/h1-13H,14-15H2. The molecule has 0 aliphatic rings. The van der Waals surface area contributed by atoms with Gasteiger partial charge in [0.25, 0.3) is 0 Å². The summed E-state index contributed by atoms with van der Waals surface area (Å²) in [6, 6.07) is 26.2. The molecular formula is C22H17N3O. The fourth-order valence-electron chi connectivity index (χ4n) is 3.38. The van der Waals surface area contributed by atoms with Crippen LogP contribution in [0.5, 0.6) is 5.75 Å². The molecule has 0 aliphatic carbocycles. The Morgan fingerprint density at radius 3 is 2.27 bits per heavy atom. The minimum Gasteiger partial charge on any atom is -0.492 e. The van der Waals surface area contributed by atoms with Gasteiger partial charge in [-0.05, 0) is 30.3 Å². The first-order valence-corrected chi connectivity index (χ1v) is 8.72. The minimum atomic E-state index is 0.576. The van der Waals surface area contributed by atoms with Gasteiger partial charge in [-0.3, -0.25) is 0 Å². The topological polar surface area (TPSA) is 39.9 Å². The van der Waals surface area contributed by atoms with Crippen LogP contribution in [-0.2, 0) is 6.54 Å². The normalized spacial score (nSPS) is 11.4. The number of para-hydroxylation sites is 4. The average Bonchev–Trinajstić information content (AvgIpc) is 3.00. The molecule has 5 rings (SSSR count). The van der Waals surface area contributed by atoms with Gasteiger partial charge in [-0.2, -0.15) is 0 Å². The van der Waals surface area contributed by atoms with Crippen molar-refractivity contribution < 1.29 is 4.74 Å². The molecule has 4 heteroatoms. The van der Waals surface area contributed by atoms with Crippen molar-refractivity contribution >= 4 is 33.1 Å². The van der Waals surface area contributed by atoms with Gasteiger partial charge in [-0.25, -0.2) is 9.97 Å². The van der Waals surface area contributed by atoms with Crippen molar-refractivity contribution in [1.29, 1.82) is 0 Å².